The van der Waals surface area contributed by atoms with Crippen molar-refractivity contribution in [2.24, 2.45) is 11.3 Å². The molecule has 0 radical (unpaired) electrons. The van der Waals surface area contributed by atoms with Crippen LogP contribution in [-0.2, 0) is 16.0 Å². The number of allylic oxidation sites excluding steroid dienone is 1. The fraction of sp³-hybridized carbons (Fsp3) is 0.567. The number of alkyl halides is 5. The van der Waals surface area contributed by atoms with E-state index in [1.54, 1.807) is 14.1 Å². The maximum Gasteiger partial charge on any atom is 0.408 e. The van der Waals surface area contributed by atoms with Gasteiger partial charge in [-0.15, -0.1) is 0 Å². The molecule has 252 valence electrons. The van der Waals surface area contributed by atoms with Crippen molar-refractivity contribution in [1.29, 1.82) is 0 Å². The number of ketones is 1. The van der Waals surface area contributed by atoms with Crippen LogP contribution in [0.1, 0.15) is 84.3 Å². The Morgan fingerprint density at radius 2 is 1.91 bits per heavy atom. The molecule has 3 fully saturated rings. The molecule has 0 unspecified atom stereocenters. The molecule has 3 aromatic heterocycles. The zero-order valence-electron chi connectivity index (χ0n) is 25.6. The fourth-order valence-corrected chi connectivity index (χ4v) is 6.36. The van der Waals surface area contributed by atoms with E-state index in [-0.39, 0.29) is 54.9 Å². The number of nitrogens with zero attached hydrogens (tertiary/aromatic N) is 6. The van der Waals surface area contributed by atoms with E-state index in [4.69, 9.17) is 4.63 Å². The van der Waals surface area contributed by atoms with Crippen molar-refractivity contribution in [3.8, 4) is 0 Å². The lowest BCUT2D eigenvalue weighted by atomic mass is 9.75. The molecule has 17 heteroatoms. The van der Waals surface area contributed by atoms with Gasteiger partial charge in [0.05, 0.1) is 24.1 Å². The van der Waals surface area contributed by atoms with Crippen LogP contribution in [0.25, 0.3) is 5.65 Å². The Balaban J connectivity index is 1.31. The zero-order chi connectivity index (χ0) is 33.7. The third kappa shape index (κ3) is 6.70. The topological polar surface area (TPSA) is 148 Å². The second-order valence-electron chi connectivity index (χ2n) is 12.9. The van der Waals surface area contributed by atoms with E-state index in [0.717, 1.165) is 18.9 Å². The smallest absolute Gasteiger partial charge is 0.383 e. The van der Waals surface area contributed by atoms with Crippen LogP contribution in [0, 0.1) is 11.3 Å². The molecule has 2 aliphatic carbocycles. The second kappa shape index (κ2) is 12.0. The van der Waals surface area contributed by atoms with Crippen molar-refractivity contribution in [2.75, 3.05) is 14.1 Å². The molecule has 47 heavy (non-hydrogen) atoms. The van der Waals surface area contributed by atoms with Gasteiger partial charge in [0, 0.05) is 39.1 Å². The van der Waals surface area contributed by atoms with Crippen LogP contribution in [0.15, 0.2) is 35.4 Å². The maximum atomic E-state index is 14.1. The Labute approximate surface area is 265 Å². The summed E-state index contributed by atoms with van der Waals surface area (Å²) in [6, 6.07) is -1.52. The highest BCUT2D eigenvalue weighted by molar-refractivity contribution is 6.12. The zero-order valence-corrected chi connectivity index (χ0v) is 25.6. The van der Waals surface area contributed by atoms with E-state index < -0.39 is 59.5 Å². The highest BCUT2D eigenvalue weighted by Gasteiger charge is 2.58. The highest BCUT2D eigenvalue weighted by atomic mass is 19.4. The number of hydrogen-bond acceptors (Lipinski definition) is 9. The average Bonchev–Trinajstić information content (AvgIpc) is 3.40. The van der Waals surface area contributed by atoms with Gasteiger partial charge in [-0.2, -0.15) is 18.3 Å². The SMILES string of the molecule is CN(C)/C=C\C(=O)[C@]1(Cc2cnn3cc([C@@H](NC(=O)c4nonc4C4CC4)C4CCC(F)(F)CC4)nc3c2)C[C@@H](C(F)(F)F)NC1=O. The molecule has 0 bridgehead atoms. The molecule has 6 rings (SSSR count). The number of carbonyl (C=O) groups is 3. The van der Waals surface area contributed by atoms with Gasteiger partial charge in [-0.25, -0.2) is 22.9 Å². The molecule has 3 aliphatic rings. The van der Waals surface area contributed by atoms with Gasteiger partial charge in [-0.1, -0.05) is 5.16 Å². The summed E-state index contributed by atoms with van der Waals surface area (Å²) in [6.07, 6.45) is 0.541. The first-order valence-corrected chi connectivity index (χ1v) is 15.3. The lowest BCUT2D eigenvalue weighted by molar-refractivity contribution is -0.155. The van der Waals surface area contributed by atoms with Gasteiger partial charge in [0.1, 0.15) is 17.2 Å². The first-order valence-electron chi connectivity index (χ1n) is 15.3. The van der Waals surface area contributed by atoms with Crippen molar-refractivity contribution in [3.63, 3.8) is 0 Å². The van der Waals surface area contributed by atoms with Gasteiger partial charge in [-0.05, 0) is 67.3 Å². The lowest BCUT2D eigenvalue weighted by Crippen LogP contribution is -2.41. The number of aromatic nitrogens is 5. The molecule has 1 saturated heterocycles. The van der Waals surface area contributed by atoms with E-state index in [9.17, 15) is 36.3 Å². The predicted octanol–water partition coefficient (Wildman–Crippen LogP) is 3.91. The number of rotatable bonds is 10. The minimum absolute atomic E-state index is 0.0214. The normalized spacial score (nSPS) is 24.1. The number of halogens is 5. The summed E-state index contributed by atoms with van der Waals surface area (Å²) in [4.78, 5) is 45.9. The van der Waals surface area contributed by atoms with Gasteiger partial charge in [0.25, 0.3) is 5.91 Å². The van der Waals surface area contributed by atoms with Crippen LogP contribution < -0.4 is 10.6 Å². The Morgan fingerprint density at radius 1 is 1.19 bits per heavy atom. The standard InChI is InChI=1S/C30H33F5N8O4/c1-42(2)10-7-21(44)28(13-20(30(33,34)35)38-27(28)46)12-16-11-22-37-19(15-43(22)36-14-16)23(18-5-8-29(31,32)9-6-18)39-26(45)25-24(17-3-4-17)40-47-41-25/h7,10-11,14-15,17-18,20,23H,3-6,8-9,12-13H2,1-2H3,(H,38,46)(H,39,45)/b10-7-/t20-,23-,28-/m0/s1. The Kier molecular flexibility index (Phi) is 8.28. The van der Waals surface area contributed by atoms with Crippen molar-refractivity contribution in [1.82, 2.24) is 40.4 Å². The molecule has 2 amide bonds. The van der Waals surface area contributed by atoms with Crippen molar-refractivity contribution in [2.45, 2.75) is 81.5 Å². The van der Waals surface area contributed by atoms with Gasteiger partial charge in [-0.3, -0.25) is 14.4 Å². The fourth-order valence-electron chi connectivity index (χ4n) is 6.36. The number of carbonyl (C=O) groups excluding carboxylic acids is 3. The van der Waals surface area contributed by atoms with Crippen LogP contribution in [0.3, 0.4) is 0 Å². The van der Waals surface area contributed by atoms with E-state index in [2.05, 4.69) is 25.7 Å². The Hall–Kier alpha value is -4.44. The monoisotopic (exact) mass is 664 g/mol. The van der Waals surface area contributed by atoms with Gasteiger partial charge < -0.3 is 15.5 Å². The summed E-state index contributed by atoms with van der Waals surface area (Å²) in [5, 5.41) is 16.8. The van der Waals surface area contributed by atoms with Crippen LogP contribution in [0.4, 0.5) is 22.0 Å². The summed E-state index contributed by atoms with van der Waals surface area (Å²) < 4.78 is 75.3. The first kappa shape index (κ1) is 32.5. The lowest BCUT2D eigenvalue weighted by Gasteiger charge is -2.33. The predicted molar refractivity (Wildman–Crippen MR) is 153 cm³/mol. The quantitative estimate of drug-likeness (QED) is 0.187. The second-order valence-corrected chi connectivity index (χ2v) is 12.9. The third-order valence-corrected chi connectivity index (χ3v) is 9.12. The molecular weight excluding hydrogens is 631 g/mol. The van der Waals surface area contributed by atoms with Gasteiger partial charge in [0.2, 0.25) is 11.8 Å². The van der Waals surface area contributed by atoms with Crippen molar-refractivity contribution < 1.29 is 41.0 Å². The number of amides is 2. The minimum Gasteiger partial charge on any atom is -0.383 e. The maximum absolute atomic E-state index is 14.1. The largest absolute Gasteiger partial charge is 0.408 e. The van der Waals surface area contributed by atoms with Crippen LogP contribution in [0.2, 0.25) is 0 Å². The molecule has 3 atom stereocenters. The minimum atomic E-state index is -4.76. The summed E-state index contributed by atoms with van der Waals surface area (Å²) >= 11 is 0. The van der Waals surface area contributed by atoms with Gasteiger partial charge >= 0.3 is 6.18 Å². The molecule has 4 heterocycles. The molecule has 0 spiro atoms. The average molecular weight is 665 g/mol. The van der Waals surface area contributed by atoms with E-state index in [0.29, 0.717) is 11.4 Å². The summed E-state index contributed by atoms with van der Waals surface area (Å²) in [5.41, 5.74) is -0.773. The highest BCUT2D eigenvalue weighted by Crippen LogP contribution is 2.44. The molecule has 1 aliphatic heterocycles. The molecule has 2 saturated carbocycles. The van der Waals surface area contributed by atoms with E-state index in [1.165, 1.54) is 34.1 Å². The Bertz CT molecular complexity index is 1710. The number of imidazole rings is 1. The van der Waals surface area contributed by atoms with Crippen molar-refractivity contribution in [3.05, 3.63) is 53.4 Å². The van der Waals surface area contributed by atoms with E-state index >= 15 is 0 Å². The number of hydrogen-bond donors (Lipinski definition) is 2. The molecular formula is C30H33F5N8O4. The van der Waals surface area contributed by atoms with E-state index in [1.807, 2.05) is 5.32 Å². The number of fused-ring (bicyclic) bond motifs is 1. The Morgan fingerprint density at radius 3 is 2.55 bits per heavy atom. The molecule has 0 aromatic carbocycles. The number of nitrogens with one attached hydrogen (secondary N) is 2. The third-order valence-electron chi connectivity index (χ3n) is 9.12. The van der Waals surface area contributed by atoms with Crippen LogP contribution >= 0.6 is 0 Å². The van der Waals surface area contributed by atoms with Gasteiger partial charge in [0.15, 0.2) is 17.1 Å². The van der Waals surface area contributed by atoms with Crippen LogP contribution in [-0.4, -0.2) is 79.6 Å². The van der Waals surface area contributed by atoms with Crippen molar-refractivity contribution >= 4 is 23.2 Å². The summed E-state index contributed by atoms with van der Waals surface area (Å²) in [7, 11) is 3.25. The molecule has 3 aromatic rings. The molecule has 12 nitrogen and oxygen atoms in total. The molecule has 2 N–H and O–H groups in total. The first-order chi connectivity index (χ1) is 22.1. The van der Waals surface area contributed by atoms with Crippen LogP contribution in [0.5, 0.6) is 0 Å². The summed E-state index contributed by atoms with van der Waals surface area (Å²) in [6.45, 7) is 0. The summed E-state index contributed by atoms with van der Waals surface area (Å²) in [5.74, 6) is -5.57.